The van der Waals surface area contributed by atoms with Crippen molar-refractivity contribution < 1.29 is 14.3 Å². The number of nitrogens with two attached hydrogens (primary N) is 1. The monoisotopic (exact) mass is 488 g/mol. The van der Waals surface area contributed by atoms with E-state index >= 15 is 0 Å². The SMILES string of the molecule is CCOc1ccc(-n2c(N)c(C(=O)Nc3sc4c(c3C(=O)NC)CCCC4)sc2=S)cc1. The third-order valence-corrected chi connectivity index (χ3v) is 7.91. The van der Waals surface area contributed by atoms with Crippen molar-refractivity contribution in [3.8, 4) is 11.4 Å². The van der Waals surface area contributed by atoms with Gasteiger partial charge in [-0.1, -0.05) is 11.3 Å². The van der Waals surface area contributed by atoms with Crippen LogP contribution in [-0.2, 0) is 12.8 Å². The lowest BCUT2D eigenvalue weighted by molar-refractivity contribution is 0.0963. The van der Waals surface area contributed by atoms with Crippen molar-refractivity contribution in [1.82, 2.24) is 9.88 Å². The van der Waals surface area contributed by atoms with Gasteiger partial charge < -0.3 is 21.1 Å². The standard InChI is InChI=1S/C22H24N4O3S3/c1-3-29-13-10-8-12(9-11-13)26-18(23)17(32-22(26)30)20(28)25-21-16(19(27)24-2)14-6-4-5-7-15(14)31-21/h8-11H,3-7,23H2,1-2H3,(H,24,27)(H,25,28). The molecule has 4 rings (SSSR count). The number of thiazole rings is 1. The molecule has 32 heavy (non-hydrogen) atoms. The van der Waals surface area contributed by atoms with E-state index in [4.69, 9.17) is 22.7 Å². The Kier molecular flexibility index (Phi) is 6.63. The Balaban J connectivity index is 1.66. The van der Waals surface area contributed by atoms with Gasteiger partial charge >= 0.3 is 0 Å². The second-order valence-corrected chi connectivity index (χ2v) is 10.0. The molecule has 1 aliphatic rings. The number of nitrogen functional groups attached to an aromatic ring is 1. The van der Waals surface area contributed by atoms with E-state index in [2.05, 4.69) is 10.6 Å². The number of amides is 2. The zero-order valence-corrected chi connectivity index (χ0v) is 20.3. The molecule has 0 radical (unpaired) electrons. The van der Waals surface area contributed by atoms with E-state index in [0.717, 1.165) is 58.9 Å². The molecule has 1 aliphatic carbocycles. The summed E-state index contributed by atoms with van der Waals surface area (Å²) in [6.07, 6.45) is 3.91. The molecule has 1 aromatic carbocycles. The second-order valence-electron chi connectivity index (χ2n) is 7.29. The fraction of sp³-hybridized carbons (Fsp3) is 0.318. The van der Waals surface area contributed by atoms with Gasteiger partial charge in [0.1, 0.15) is 21.4 Å². The van der Waals surface area contributed by atoms with Crippen molar-refractivity contribution in [3.05, 3.63) is 49.1 Å². The average Bonchev–Trinajstić information content (AvgIpc) is 3.30. The normalized spacial score (nSPS) is 12.8. The number of ether oxygens (including phenoxy) is 1. The first kappa shape index (κ1) is 22.5. The van der Waals surface area contributed by atoms with Gasteiger partial charge in [-0.25, -0.2) is 0 Å². The molecule has 7 nitrogen and oxygen atoms in total. The minimum Gasteiger partial charge on any atom is -0.494 e. The smallest absolute Gasteiger partial charge is 0.270 e. The van der Waals surface area contributed by atoms with Crippen LogP contribution in [0.3, 0.4) is 0 Å². The highest BCUT2D eigenvalue weighted by Crippen LogP contribution is 2.39. The maximum atomic E-state index is 13.2. The third kappa shape index (κ3) is 4.17. The van der Waals surface area contributed by atoms with E-state index in [1.807, 2.05) is 31.2 Å². The number of aryl methyl sites for hydroxylation is 1. The third-order valence-electron chi connectivity index (χ3n) is 5.31. The van der Waals surface area contributed by atoms with Crippen LogP contribution < -0.4 is 21.1 Å². The molecule has 0 saturated carbocycles. The number of aromatic nitrogens is 1. The van der Waals surface area contributed by atoms with E-state index in [1.54, 1.807) is 11.6 Å². The topological polar surface area (TPSA) is 98.4 Å². The van der Waals surface area contributed by atoms with Gasteiger partial charge in [-0.3, -0.25) is 14.2 Å². The highest BCUT2D eigenvalue weighted by Gasteiger charge is 2.27. The van der Waals surface area contributed by atoms with Crippen LogP contribution in [0.25, 0.3) is 5.69 Å². The molecule has 0 saturated heterocycles. The van der Waals surface area contributed by atoms with Gasteiger partial charge in [-0.15, -0.1) is 11.3 Å². The molecule has 0 fully saturated rings. The first-order valence-corrected chi connectivity index (χ1v) is 12.4. The molecule has 10 heteroatoms. The summed E-state index contributed by atoms with van der Waals surface area (Å²) in [6.45, 7) is 2.50. The zero-order valence-electron chi connectivity index (χ0n) is 17.8. The van der Waals surface area contributed by atoms with E-state index in [0.29, 0.717) is 26.0 Å². The number of hydrogen-bond acceptors (Lipinski definition) is 7. The average molecular weight is 489 g/mol. The fourth-order valence-corrected chi connectivity index (χ4v) is 6.37. The molecule has 2 amide bonds. The minimum atomic E-state index is -0.368. The molecule has 2 heterocycles. The molecule has 0 aliphatic heterocycles. The molecule has 0 bridgehead atoms. The Bertz CT molecular complexity index is 1220. The molecule has 0 unspecified atom stereocenters. The van der Waals surface area contributed by atoms with E-state index in [1.165, 1.54) is 11.3 Å². The number of anilines is 2. The maximum Gasteiger partial charge on any atom is 0.270 e. The van der Waals surface area contributed by atoms with Crippen LogP contribution in [-0.4, -0.2) is 30.0 Å². The predicted molar refractivity (Wildman–Crippen MR) is 132 cm³/mol. The maximum absolute atomic E-state index is 13.2. The molecule has 0 spiro atoms. The van der Waals surface area contributed by atoms with Crippen molar-refractivity contribution in [2.75, 3.05) is 24.7 Å². The summed E-state index contributed by atoms with van der Waals surface area (Å²) in [7, 11) is 1.60. The van der Waals surface area contributed by atoms with Crippen molar-refractivity contribution in [2.24, 2.45) is 0 Å². The Hall–Kier alpha value is -2.69. The van der Waals surface area contributed by atoms with Crippen LogP contribution in [0.2, 0.25) is 0 Å². The Morgan fingerprint density at radius 2 is 1.88 bits per heavy atom. The van der Waals surface area contributed by atoms with Gasteiger partial charge in [0.2, 0.25) is 0 Å². The van der Waals surface area contributed by atoms with E-state index in [9.17, 15) is 9.59 Å². The van der Waals surface area contributed by atoms with Crippen LogP contribution in [0.4, 0.5) is 10.8 Å². The van der Waals surface area contributed by atoms with Crippen LogP contribution in [0.5, 0.6) is 5.75 Å². The number of nitrogens with one attached hydrogen (secondary N) is 2. The van der Waals surface area contributed by atoms with Crippen molar-refractivity contribution in [1.29, 1.82) is 0 Å². The Morgan fingerprint density at radius 1 is 1.16 bits per heavy atom. The number of fused-ring (bicyclic) bond motifs is 1. The Morgan fingerprint density at radius 3 is 2.56 bits per heavy atom. The van der Waals surface area contributed by atoms with Crippen LogP contribution in [0.1, 0.15) is 50.2 Å². The van der Waals surface area contributed by atoms with E-state index < -0.39 is 0 Å². The van der Waals surface area contributed by atoms with Crippen LogP contribution in [0.15, 0.2) is 24.3 Å². The van der Waals surface area contributed by atoms with Crippen LogP contribution >= 0.6 is 34.9 Å². The lowest BCUT2D eigenvalue weighted by atomic mass is 9.95. The lowest BCUT2D eigenvalue weighted by Gasteiger charge is -2.12. The van der Waals surface area contributed by atoms with Crippen LogP contribution in [0, 0.1) is 3.95 Å². The highest BCUT2D eigenvalue weighted by molar-refractivity contribution is 7.73. The van der Waals surface area contributed by atoms with Gasteiger partial charge in [-0.05, 0) is 74.7 Å². The molecule has 0 atom stereocenters. The van der Waals surface area contributed by atoms with E-state index in [-0.39, 0.29) is 17.6 Å². The number of benzene rings is 1. The summed E-state index contributed by atoms with van der Waals surface area (Å²) in [4.78, 5) is 27.2. The summed E-state index contributed by atoms with van der Waals surface area (Å²) in [5.74, 6) is 0.460. The fourth-order valence-electron chi connectivity index (χ4n) is 3.83. The van der Waals surface area contributed by atoms with Gasteiger partial charge in [0.25, 0.3) is 11.8 Å². The number of nitrogens with zero attached hydrogens (tertiary/aromatic N) is 1. The summed E-state index contributed by atoms with van der Waals surface area (Å²) in [6, 6.07) is 7.37. The first-order chi connectivity index (χ1) is 15.4. The van der Waals surface area contributed by atoms with Gasteiger partial charge in [0.15, 0.2) is 3.95 Å². The molecule has 2 aromatic heterocycles. The zero-order chi connectivity index (χ0) is 22.8. The number of rotatable bonds is 6. The quantitative estimate of drug-likeness (QED) is 0.433. The van der Waals surface area contributed by atoms with Gasteiger partial charge in [0, 0.05) is 17.6 Å². The minimum absolute atomic E-state index is 0.188. The predicted octanol–water partition coefficient (Wildman–Crippen LogP) is 4.80. The second kappa shape index (κ2) is 9.43. The molecule has 4 N–H and O–H groups in total. The lowest BCUT2D eigenvalue weighted by Crippen LogP contribution is -2.22. The van der Waals surface area contributed by atoms with Crippen molar-refractivity contribution in [3.63, 3.8) is 0 Å². The molecular formula is C22H24N4O3S3. The first-order valence-electron chi connectivity index (χ1n) is 10.4. The van der Waals surface area contributed by atoms with Gasteiger partial charge in [-0.2, -0.15) is 0 Å². The molecule has 3 aromatic rings. The molecular weight excluding hydrogens is 464 g/mol. The van der Waals surface area contributed by atoms with Crippen molar-refractivity contribution in [2.45, 2.75) is 32.6 Å². The Labute approximate surface area is 199 Å². The summed E-state index contributed by atoms with van der Waals surface area (Å²) in [5.41, 5.74) is 8.71. The number of carbonyl (C=O) groups is 2. The van der Waals surface area contributed by atoms with Gasteiger partial charge in [0.05, 0.1) is 12.2 Å². The number of hydrogen-bond donors (Lipinski definition) is 3. The number of thiophene rings is 1. The molecule has 168 valence electrons. The summed E-state index contributed by atoms with van der Waals surface area (Å²) >= 11 is 8.11. The highest BCUT2D eigenvalue weighted by atomic mass is 32.1. The largest absolute Gasteiger partial charge is 0.494 e. The summed E-state index contributed by atoms with van der Waals surface area (Å²) < 4.78 is 7.62. The van der Waals surface area contributed by atoms with Crippen molar-refractivity contribution >= 4 is 57.5 Å². The summed E-state index contributed by atoms with van der Waals surface area (Å²) in [5, 5.41) is 6.18. The number of carbonyl (C=O) groups excluding carboxylic acids is 2.